The van der Waals surface area contributed by atoms with E-state index in [9.17, 15) is 4.79 Å². The second-order valence-corrected chi connectivity index (χ2v) is 5.06. The van der Waals surface area contributed by atoms with Gasteiger partial charge in [-0.25, -0.2) is 0 Å². The summed E-state index contributed by atoms with van der Waals surface area (Å²) in [6, 6.07) is 10.9. The second kappa shape index (κ2) is 8.24. The van der Waals surface area contributed by atoms with Crippen molar-refractivity contribution in [1.82, 2.24) is 10.3 Å². The molecule has 0 aliphatic heterocycles. The van der Waals surface area contributed by atoms with Gasteiger partial charge in [-0.3, -0.25) is 9.78 Å². The van der Waals surface area contributed by atoms with Crippen molar-refractivity contribution >= 4 is 23.2 Å². The van der Waals surface area contributed by atoms with Crippen LogP contribution in [0.4, 0.5) is 5.69 Å². The van der Waals surface area contributed by atoms with Crippen LogP contribution in [0, 0.1) is 0 Å². The van der Waals surface area contributed by atoms with E-state index >= 15 is 0 Å². The Hall–Kier alpha value is -2.27. The zero-order chi connectivity index (χ0) is 15.8. The van der Waals surface area contributed by atoms with Crippen LogP contribution in [-0.2, 0) is 11.2 Å². The van der Waals surface area contributed by atoms with Gasteiger partial charge in [0.25, 0.3) is 0 Å². The van der Waals surface area contributed by atoms with Crippen molar-refractivity contribution in [2.75, 3.05) is 25.5 Å². The van der Waals surface area contributed by atoms with E-state index in [1.54, 1.807) is 31.5 Å². The van der Waals surface area contributed by atoms with E-state index in [1.807, 2.05) is 18.2 Å². The van der Waals surface area contributed by atoms with Crippen LogP contribution in [0.2, 0.25) is 5.02 Å². The highest BCUT2D eigenvalue weighted by Crippen LogP contribution is 2.27. The topological polar surface area (TPSA) is 63.2 Å². The lowest BCUT2D eigenvalue weighted by Crippen LogP contribution is -2.31. The molecule has 1 aromatic carbocycles. The van der Waals surface area contributed by atoms with Gasteiger partial charge in [-0.1, -0.05) is 17.7 Å². The van der Waals surface area contributed by atoms with Crippen LogP contribution in [0.1, 0.15) is 5.69 Å². The molecule has 2 N–H and O–H groups in total. The second-order valence-electron chi connectivity index (χ2n) is 4.62. The number of nitrogens with zero attached hydrogens (tertiary/aromatic N) is 1. The lowest BCUT2D eigenvalue weighted by atomic mass is 10.2. The Bertz CT molecular complexity index is 620. The number of carbonyl (C=O) groups is 1. The van der Waals surface area contributed by atoms with Gasteiger partial charge in [-0.05, 0) is 30.3 Å². The Morgan fingerprint density at radius 3 is 2.91 bits per heavy atom. The molecule has 2 aromatic rings. The summed E-state index contributed by atoms with van der Waals surface area (Å²) in [5.74, 6) is 0.545. The fourth-order valence-corrected chi connectivity index (χ4v) is 2.10. The molecular formula is C16H18ClN3O2. The molecule has 0 saturated heterocycles. The predicted molar refractivity (Wildman–Crippen MR) is 87.4 cm³/mol. The molecule has 0 radical (unpaired) electrons. The number of aromatic nitrogens is 1. The van der Waals surface area contributed by atoms with Gasteiger partial charge in [0.15, 0.2) is 0 Å². The van der Waals surface area contributed by atoms with Gasteiger partial charge in [0.2, 0.25) is 5.91 Å². The third-order valence-electron chi connectivity index (χ3n) is 3.03. The first-order chi connectivity index (χ1) is 10.7. The summed E-state index contributed by atoms with van der Waals surface area (Å²) < 4.78 is 5.21. The van der Waals surface area contributed by atoms with Crippen LogP contribution >= 0.6 is 11.6 Å². The molecule has 0 spiro atoms. The van der Waals surface area contributed by atoms with Crippen molar-refractivity contribution in [2.45, 2.75) is 6.42 Å². The molecule has 1 heterocycles. The summed E-state index contributed by atoms with van der Waals surface area (Å²) >= 11 is 5.94. The Kier molecular flexibility index (Phi) is 6.03. The fourth-order valence-electron chi connectivity index (χ4n) is 1.93. The Morgan fingerprint density at radius 2 is 2.18 bits per heavy atom. The largest absolute Gasteiger partial charge is 0.495 e. The minimum atomic E-state index is -0.0991. The van der Waals surface area contributed by atoms with Gasteiger partial charge in [0.05, 0.1) is 19.3 Å². The number of halogens is 1. The molecule has 22 heavy (non-hydrogen) atoms. The highest BCUT2D eigenvalue weighted by molar-refractivity contribution is 6.30. The number of amides is 1. The molecule has 0 bridgehead atoms. The van der Waals surface area contributed by atoms with Gasteiger partial charge in [0.1, 0.15) is 5.75 Å². The minimum Gasteiger partial charge on any atom is -0.495 e. The number of rotatable bonds is 7. The molecule has 1 amide bonds. The summed E-state index contributed by atoms with van der Waals surface area (Å²) in [4.78, 5) is 16.0. The number of anilines is 1. The molecule has 5 nitrogen and oxygen atoms in total. The molecule has 0 aliphatic rings. The molecule has 2 rings (SSSR count). The summed E-state index contributed by atoms with van der Waals surface area (Å²) in [7, 11) is 1.57. The van der Waals surface area contributed by atoms with E-state index in [-0.39, 0.29) is 12.5 Å². The van der Waals surface area contributed by atoms with Crippen LogP contribution in [0.15, 0.2) is 42.6 Å². The number of hydrogen-bond donors (Lipinski definition) is 2. The van der Waals surface area contributed by atoms with Crippen molar-refractivity contribution in [3.63, 3.8) is 0 Å². The Labute approximate surface area is 134 Å². The highest BCUT2D eigenvalue weighted by atomic mass is 35.5. The van der Waals surface area contributed by atoms with Crippen LogP contribution in [0.3, 0.4) is 0 Å². The maximum Gasteiger partial charge on any atom is 0.239 e. The van der Waals surface area contributed by atoms with Gasteiger partial charge in [0, 0.05) is 29.9 Å². The Balaban J connectivity index is 1.77. The summed E-state index contributed by atoms with van der Waals surface area (Å²) in [5.41, 5.74) is 1.64. The lowest BCUT2D eigenvalue weighted by molar-refractivity contribution is -0.119. The van der Waals surface area contributed by atoms with Crippen LogP contribution in [0.5, 0.6) is 5.75 Å². The monoisotopic (exact) mass is 319 g/mol. The Morgan fingerprint density at radius 1 is 1.32 bits per heavy atom. The van der Waals surface area contributed by atoms with E-state index in [4.69, 9.17) is 16.3 Å². The maximum absolute atomic E-state index is 11.8. The number of pyridine rings is 1. The van der Waals surface area contributed by atoms with Crippen molar-refractivity contribution in [3.05, 3.63) is 53.3 Å². The van der Waals surface area contributed by atoms with E-state index in [2.05, 4.69) is 15.6 Å². The first-order valence-corrected chi connectivity index (χ1v) is 7.31. The van der Waals surface area contributed by atoms with E-state index < -0.39 is 0 Å². The van der Waals surface area contributed by atoms with Crippen molar-refractivity contribution in [1.29, 1.82) is 0 Å². The third kappa shape index (κ3) is 4.93. The average molecular weight is 320 g/mol. The molecule has 6 heteroatoms. The van der Waals surface area contributed by atoms with E-state index in [0.717, 1.165) is 5.69 Å². The van der Waals surface area contributed by atoms with Gasteiger partial charge in [-0.15, -0.1) is 0 Å². The predicted octanol–water partition coefficient (Wildman–Crippen LogP) is 2.51. The average Bonchev–Trinajstić information content (AvgIpc) is 2.54. The lowest BCUT2D eigenvalue weighted by Gasteiger charge is -2.11. The summed E-state index contributed by atoms with van der Waals surface area (Å²) in [6.07, 6.45) is 2.44. The van der Waals surface area contributed by atoms with Gasteiger partial charge < -0.3 is 15.4 Å². The quantitative estimate of drug-likeness (QED) is 0.823. The van der Waals surface area contributed by atoms with E-state index in [1.165, 1.54) is 0 Å². The first-order valence-electron chi connectivity index (χ1n) is 6.93. The SMILES string of the molecule is COc1ccc(Cl)cc1NCC(=O)NCCc1ccccn1. The maximum atomic E-state index is 11.8. The number of benzene rings is 1. The van der Waals surface area contributed by atoms with Gasteiger partial charge >= 0.3 is 0 Å². The number of methoxy groups -OCH3 is 1. The number of hydrogen-bond acceptors (Lipinski definition) is 4. The van der Waals surface area contributed by atoms with Crippen LogP contribution < -0.4 is 15.4 Å². The minimum absolute atomic E-state index is 0.0991. The van der Waals surface area contributed by atoms with Crippen molar-refractivity contribution in [3.8, 4) is 5.75 Å². The molecule has 0 unspecified atom stereocenters. The zero-order valence-electron chi connectivity index (χ0n) is 12.3. The summed E-state index contributed by atoms with van der Waals surface area (Å²) in [6.45, 7) is 0.698. The number of nitrogens with one attached hydrogen (secondary N) is 2. The standard InChI is InChI=1S/C16H18ClN3O2/c1-22-15-6-5-12(17)10-14(15)20-11-16(21)19-9-7-13-4-2-3-8-18-13/h2-6,8,10,20H,7,9,11H2,1H3,(H,19,21). The first kappa shape index (κ1) is 16.1. The molecule has 1 aromatic heterocycles. The zero-order valence-corrected chi connectivity index (χ0v) is 13.1. The summed E-state index contributed by atoms with van der Waals surface area (Å²) in [5, 5.41) is 6.44. The normalized spacial score (nSPS) is 10.1. The number of ether oxygens (including phenoxy) is 1. The van der Waals surface area contributed by atoms with Crippen molar-refractivity contribution in [2.24, 2.45) is 0 Å². The molecular weight excluding hydrogens is 302 g/mol. The molecule has 0 fully saturated rings. The van der Waals surface area contributed by atoms with Crippen molar-refractivity contribution < 1.29 is 9.53 Å². The van der Waals surface area contributed by atoms with Crippen LogP contribution in [0.25, 0.3) is 0 Å². The molecule has 0 aliphatic carbocycles. The fraction of sp³-hybridized carbons (Fsp3) is 0.250. The molecule has 0 atom stereocenters. The molecule has 116 valence electrons. The van der Waals surface area contributed by atoms with Crippen LogP contribution in [-0.4, -0.2) is 31.1 Å². The number of carbonyl (C=O) groups excluding carboxylic acids is 1. The third-order valence-corrected chi connectivity index (χ3v) is 3.27. The van der Waals surface area contributed by atoms with Gasteiger partial charge in [-0.2, -0.15) is 0 Å². The molecule has 0 saturated carbocycles. The van der Waals surface area contributed by atoms with E-state index in [0.29, 0.717) is 29.4 Å². The smallest absolute Gasteiger partial charge is 0.239 e. The highest BCUT2D eigenvalue weighted by Gasteiger charge is 2.06.